The van der Waals surface area contributed by atoms with Gasteiger partial charge in [-0.2, -0.15) is 0 Å². The molecule has 1 amide bonds. The molecule has 6 heteroatoms. The van der Waals surface area contributed by atoms with Crippen LogP contribution in [0.1, 0.15) is 39.3 Å². The summed E-state index contributed by atoms with van der Waals surface area (Å²) in [5, 5.41) is 2.80. The number of benzene rings is 1. The van der Waals surface area contributed by atoms with Crippen molar-refractivity contribution in [3.05, 3.63) is 42.3 Å². The SMILES string of the molecule is CC(C)(C)C(=O)NCCCC(=O)OCc1coc(-c2ccccc2)n1. The Labute approximate surface area is 147 Å². The van der Waals surface area contributed by atoms with Crippen molar-refractivity contribution in [1.82, 2.24) is 10.3 Å². The molecule has 0 fully saturated rings. The van der Waals surface area contributed by atoms with E-state index in [1.165, 1.54) is 6.26 Å². The second-order valence-electron chi connectivity index (χ2n) is 6.78. The number of oxazole rings is 1. The monoisotopic (exact) mass is 344 g/mol. The highest BCUT2D eigenvalue weighted by Crippen LogP contribution is 2.18. The first-order valence-electron chi connectivity index (χ1n) is 8.30. The summed E-state index contributed by atoms with van der Waals surface area (Å²) in [7, 11) is 0. The van der Waals surface area contributed by atoms with Crippen molar-refractivity contribution in [3.63, 3.8) is 0 Å². The van der Waals surface area contributed by atoms with Gasteiger partial charge in [0.05, 0.1) is 0 Å². The Morgan fingerprint density at radius 2 is 1.92 bits per heavy atom. The van der Waals surface area contributed by atoms with Crippen LogP contribution < -0.4 is 5.32 Å². The van der Waals surface area contributed by atoms with Gasteiger partial charge >= 0.3 is 5.97 Å². The van der Waals surface area contributed by atoms with Crippen molar-refractivity contribution >= 4 is 11.9 Å². The molecule has 2 rings (SSSR count). The van der Waals surface area contributed by atoms with Crippen molar-refractivity contribution in [2.75, 3.05) is 6.54 Å². The molecule has 0 aliphatic rings. The zero-order valence-electron chi connectivity index (χ0n) is 14.9. The Hall–Kier alpha value is -2.63. The Kier molecular flexibility index (Phi) is 6.33. The van der Waals surface area contributed by atoms with E-state index in [4.69, 9.17) is 9.15 Å². The van der Waals surface area contributed by atoms with Crippen LogP contribution in [0.4, 0.5) is 0 Å². The molecule has 1 heterocycles. The smallest absolute Gasteiger partial charge is 0.306 e. The van der Waals surface area contributed by atoms with Crippen molar-refractivity contribution in [2.45, 2.75) is 40.2 Å². The highest BCUT2D eigenvalue weighted by Gasteiger charge is 2.20. The fourth-order valence-electron chi connectivity index (χ4n) is 2.01. The fourth-order valence-corrected chi connectivity index (χ4v) is 2.01. The van der Waals surface area contributed by atoms with E-state index in [0.29, 0.717) is 24.6 Å². The maximum atomic E-state index is 11.7. The maximum absolute atomic E-state index is 11.7. The van der Waals surface area contributed by atoms with Crippen LogP contribution in [0.3, 0.4) is 0 Å². The predicted molar refractivity (Wildman–Crippen MR) is 93.4 cm³/mol. The highest BCUT2D eigenvalue weighted by atomic mass is 16.5. The average molecular weight is 344 g/mol. The third kappa shape index (κ3) is 6.06. The van der Waals surface area contributed by atoms with E-state index in [-0.39, 0.29) is 24.9 Å². The summed E-state index contributed by atoms with van der Waals surface area (Å²) >= 11 is 0. The van der Waals surface area contributed by atoms with Crippen molar-refractivity contribution in [1.29, 1.82) is 0 Å². The number of nitrogens with zero attached hydrogens (tertiary/aromatic N) is 1. The number of carbonyl (C=O) groups is 2. The van der Waals surface area contributed by atoms with Gasteiger partial charge in [0, 0.05) is 23.9 Å². The first-order chi connectivity index (χ1) is 11.9. The summed E-state index contributed by atoms with van der Waals surface area (Å²) in [6, 6.07) is 9.51. The summed E-state index contributed by atoms with van der Waals surface area (Å²) in [4.78, 5) is 27.7. The van der Waals surface area contributed by atoms with Gasteiger partial charge in [-0.15, -0.1) is 0 Å². The number of ether oxygens (including phenoxy) is 1. The zero-order valence-corrected chi connectivity index (χ0v) is 14.9. The van der Waals surface area contributed by atoms with Gasteiger partial charge in [-0.05, 0) is 18.6 Å². The molecule has 0 saturated carbocycles. The van der Waals surface area contributed by atoms with E-state index in [0.717, 1.165) is 5.56 Å². The molecule has 0 aliphatic heterocycles. The molecule has 6 nitrogen and oxygen atoms in total. The lowest BCUT2D eigenvalue weighted by Gasteiger charge is -2.17. The van der Waals surface area contributed by atoms with Gasteiger partial charge < -0.3 is 14.5 Å². The van der Waals surface area contributed by atoms with E-state index >= 15 is 0 Å². The van der Waals surface area contributed by atoms with E-state index in [1.54, 1.807) is 0 Å². The van der Waals surface area contributed by atoms with E-state index in [2.05, 4.69) is 10.3 Å². The zero-order chi connectivity index (χ0) is 18.3. The maximum Gasteiger partial charge on any atom is 0.306 e. The van der Waals surface area contributed by atoms with Crippen LogP contribution in [0, 0.1) is 5.41 Å². The molecule has 2 aromatic rings. The molecule has 25 heavy (non-hydrogen) atoms. The van der Waals surface area contributed by atoms with Crippen LogP contribution in [-0.4, -0.2) is 23.4 Å². The minimum atomic E-state index is -0.427. The summed E-state index contributed by atoms with van der Waals surface area (Å²) < 4.78 is 10.6. The number of rotatable bonds is 7. The van der Waals surface area contributed by atoms with Crippen molar-refractivity contribution in [3.8, 4) is 11.5 Å². The van der Waals surface area contributed by atoms with E-state index in [9.17, 15) is 9.59 Å². The van der Waals surface area contributed by atoms with Crippen LogP contribution in [0.5, 0.6) is 0 Å². The van der Waals surface area contributed by atoms with Crippen molar-refractivity contribution < 1.29 is 18.7 Å². The normalized spacial score (nSPS) is 11.2. The summed E-state index contributed by atoms with van der Waals surface area (Å²) in [6.07, 6.45) is 2.27. The number of hydrogen-bond acceptors (Lipinski definition) is 5. The lowest BCUT2D eigenvalue weighted by molar-refractivity contribution is -0.145. The number of carbonyl (C=O) groups excluding carboxylic acids is 2. The largest absolute Gasteiger partial charge is 0.459 e. The van der Waals surface area contributed by atoms with Gasteiger partial charge in [0.1, 0.15) is 18.6 Å². The third-order valence-electron chi connectivity index (χ3n) is 3.48. The van der Waals surface area contributed by atoms with Crippen LogP contribution in [0.15, 0.2) is 41.0 Å². The molecule has 134 valence electrons. The molecule has 0 aliphatic carbocycles. The number of amides is 1. The van der Waals surface area contributed by atoms with Gasteiger partial charge in [-0.25, -0.2) is 4.98 Å². The van der Waals surface area contributed by atoms with Crippen LogP contribution in [-0.2, 0) is 20.9 Å². The first-order valence-corrected chi connectivity index (χ1v) is 8.30. The number of hydrogen-bond donors (Lipinski definition) is 1. The quantitative estimate of drug-likeness (QED) is 0.615. The molecule has 1 aromatic carbocycles. The molecule has 1 N–H and O–H groups in total. The average Bonchev–Trinajstić information content (AvgIpc) is 3.05. The molecule has 0 atom stereocenters. The van der Waals surface area contributed by atoms with Gasteiger partial charge in [0.25, 0.3) is 0 Å². The highest BCUT2D eigenvalue weighted by molar-refractivity contribution is 5.81. The molecule has 0 unspecified atom stereocenters. The third-order valence-corrected chi connectivity index (χ3v) is 3.48. The Bertz CT molecular complexity index is 702. The van der Waals surface area contributed by atoms with Gasteiger partial charge in [0.2, 0.25) is 11.8 Å². The number of aromatic nitrogens is 1. The number of nitrogens with one attached hydrogen (secondary N) is 1. The molecule has 1 aromatic heterocycles. The Morgan fingerprint density at radius 3 is 2.60 bits per heavy atom. The number of esters is 1. The second-order valence-corrected chi connectivity index (χ2v) is 6.78. The fraction of sp³-hybridized carbons (Fsp3) is 0.421. The standard InChI is InChI=1S/C19H24N2O4/c1-19(2,3)18(23)20-11-7-10-16(22)24-12-15-13-25-17(21-15)14-8-5-4-6-9-14/h4-6,8-9,13H,7,10-12H2,1-3H3,(H,20,23). The lowest BCUT2D eigenvalue weighted by Crippen LogP contribution is -2.35. The molecule has 0 spiro atoms. The summed E-state index contributed by atoms with van der Waals surface area (Å²) in [6.45, 7) is 6.06. The minimum absolute atomic E-state index is 0.0306. The molecule has 0 bridgehead atoms. The Balaban J connectivity index is 1.69. The summed E-state index contributed by atoms with van der Waals surface area (Å²) in [5.74, 6) is 0.141. The summed E-state index contributed by atoms with van der Waals surface area (Å²) in [5.41, 5.74) is 1.01. The molecular formula is C19H24N2O4. The van der Waals surface area contributed by atoms with Gasteiger partial charge in [-0.3, -0.25) is 9.59 Å². The molecule has 0 radical (unpaired) electrons. The minimum Gasteiger partial charge on any atom is -0.459 e. The second kappa shape index (κ2) is 8.46. The predicted octanol–water partition coefficient (Wildman–Crippen LogP) is 3.33. The van der Waals surface area contributed by atoms with Gasteiger partial charge in [0.15, 0.2) is 0 Å². The van der Waals surface area contributed by atoms with E-state index in [1.807, 2.05) is 51.1 Å². The molecular weight excluding hydrogens is 320 g/mol. The van der Waals surface area contributed by atoms with Gasteiger partial charge in [-0.1, -0.05) is 39.0 Å². The van der Waals surface area contributed by atoms with Crippen molar-refractivity contribution in [2.24, 2.45) is 5.41 Å². The lowest BCUT2D eigenvalue weighted by atomic mass is 9.96. The Morgan fingerprint density at radius 1 is 1.20 bits per heavy atom. The molecule has 0 saturated heterocycles. The van der Waals surface area contributed by atoms with Crippen LogP contribution >= 0.6 is 0 Å². The first kappa shape index (κ1) is 18.7. The van der Waals surface area contributed by atoms with Crippen LogP contribution in [0.25, 0.3) is 11.5 Å². The topological polar surface area (TPSA) is 81.4 Å². The van der Waals surface area contributed by atoms with Crippen LogP contribution in [0.2, 0.25) is 0 Å². The van der Waals surface area contributed by atoms with E-state index < -0.39 is 5.41 Å².